The van der Waals surface area contributed by atoms with Gasteiger partial charge in [0.15, 0.2) is 0 Å². The van der Waals surface area contributed by atoms with Crippen LogP contribution in [0, 0.1) is 0 Å². The van der Waals surface area contributed by atoms with E-state index >= 15 is 0 Å². The maximum atomic E-state index is 12.2. The average molecular weight is 327 g/mol. The Hall–Kier alpha value is -2.56. The lowest BCUT2D eigenvalue weighted by atomic mass is 10.1. The molecule has 0 saturated carbocycles. The minimum absolute atomic E-state index is 0.0233. The third-order valence-electron chi connectivity index (χ3n) is 3.94. The number of aromatic nitrogens is 1. The summed E-state index contributed by atoms with van der Waals surface area (Å²) in [6.07, 6.45) is 2.62. The SMILES string of the molecule is CCN(CC)C(=O)c1ccc(NCCc2ccc(OC)cc2)cn1. The van der Waals surface area contributed by atoms with Crippen LogP contribution in [-0.2, 0) is 6.42 Å². The van der Waals surface area contributed by atoms with Gasteiger partial charge in [-0.05, 0) is 50.1 Å². The van der Waals surface area contributed by atoms with Gasteiger partial charge in [0, 0.05) is 19.6 Å². The molecule has 0 unspecified atom stereocenters. The molecule has 0 atom stereocenters. The predicted molar refractivity (Wildman–Crippen MR) is 96.7 cm³/mol. The first kappa shape index (κ1) is 17.8. The van der Waals surface area contributed by atoms with E-state index in [2.05, 4.69) is 22.4 Å². The van der Waals surface area contributed by atoms with Crippen molar-refractivity contribution < 1.29 is 9.53 Å². The summed E-state index contributed by atoms with van der Waals surface area (Å²) in [5.41, 5.74) is 2.64. The van der Waals surface area contributed by atoms with E-state index in [9.17, 15) is 4.79 Å². The Labute approximate surface area is 143 Å². The standard InChI is InChI=1S/C19H25N3O2/c1-4-22(5-2)19(23)18-11-8-16(14-21-18)20-13-12-15-6-9-17(24-3)10-7-15/h6-11,14,20H,4-5,12-13H2,1-3H3. The number of anilines is 1. The van der Waals surface area contributed by atoms with Gasteiger partial charge in [0.2, 0.25) is 0 Å². The van der Waals surface area contributed by atoms with Gasteiger partial charge in [0.05, 0.1) is 19.0 Å². The lowest BCUT2D eigenvalue weighted by Crippen LogP contribution is -2.31. The highest BCUT2D eigenvalue weighted by Gasteiger charge is 2.13. The monoisotopic (exact) mass is 327 g/mol. The fraction of sp³-hybridized carbons (Fsp3) is 0.368. The maximum absolute atomic E-state index is 12.2. The number of carbonyl (C=O) groups excluding carboxylic acids is 1. The fourth-order valence-corrected chi connectivity index (χ4v) is 2.44. The minimum atomic E-state index is -0.0233. The second-order valence-electron chi connectivity index (χ2n) is 5.43. The molecule has 0 spiro atoms. The quantitative estimate of drug-likeness (QED) is 0.809. The number of nitrogens with zero attached hydrogens (tertiary/aromatic N) is 2. The zero-order chi connectivity index (χ0) is 17.4. The summed E-state index contributed by atoms with van der Waals surface area (Å²) in [5, 5.41) is 3.33. The molecule has 24 heavy (non-hydrogen) atoms. The molecule has 128 valence electrons. The molecule has 1 aromatic carbocycles. The summed E-state index contributed by atoms with van der Waals surface area (Å²) in [6.45, 7) is 6.13. The first-order valence-electron chi connectivity index (χ1n) is 8.30. The lowest BCUT2D eigenvalue weighted by Gasteiger charge is -2.18. The third kappa shape index (κ3) is 4.72. The number of methoxy groups -OCH3 is 1. The molecule has 5 nitrogen and oxygen atoms in total. The van der Waals surface area contributed by atoms with E-state index in [1.54, 1.807) is 24.3 Å². The largest absolute Gasteiger partial charge is 0.497 e. The third-order valence-corrected chi connectivity index (χ3v) is 3.94. The van der Waals surface area contributed by atoms with Gasteiger partial charge in [-0.2, -0.15) is 0 Å². The normalized spacial score (nSPS) is 10.3. The molecule has 0 fully saturated rings. The summed E-state index contributed by atoms with van der Waals surface area (Å²) in [5.74, 6) is 0.842. The van der Waals surface area contributed by atoms with Crippen LogP contribution in [0.5, 0.6) is 5.75 Å². The van der Waals surface area contributed by atoms with Crippen LogP contribution >= 0.6 is 0 Å². The zero-order valence-corrected chi connectivity index (χ0v) is 14.6. The Kier molecular flexibility index (Phi) is 6.61. The van der Waals surface area contributed by atoms with Crippen molar-refractivity contribution in [2.45, 2.75) is 20.3 Å². The molecule has 1 heterocycles. The number of pyridine rings is 1. The van der Waals surface area contributed by atoms with Crippen molar-refractivity contribution >= 4 is 11.6 Å². The van der Waals surface area contributed by atoms with Crippen LogP contribution in [0.15, 0.2) is 42.6 Å². The summed E-state index contributed by atoms with van der Waals surface area (Å²) < 4.78 is 5.15. The van der Waals surface area contributed by atoms with Gasteiger partial charge in [0.1, 0.15) is 11.4 Å². The topological polar surface area (TPSA) is 54.5 Å². The van der Waals surface area contributed by atoms with Gasteiger partial charge in [-0.15, -0.1) is 0 Å². The van der Waals surface area contributed by atoms with Gasteiger partial charge < -0.3 is 15.0 Å². The average Bonchev–Trinajstić information content (AvgIpc) is 2.64. The Bertz CT molecular complexity index is 635. The number of hydrogen-bond donors (Lipinski definition) is 1. The predicted octanol–water partition coefficient (Wildman–Crippen LogP) is 3.23. The minimum Gasteiger partial charge on any atom is -0.497 e. The molecule has 1 amide bonds. The molecular formula is C19H25N3O2. The van der Waals surface area contributed by atoms with E-state index in [1.807, 2.05) is 32.0 Å². The summed E-state index contributed by atoms with van der Waals surface area (Å²) in [7, 11) is 1.66. The summed E-state index contributed by atoms with van der Waals surface area (Å²) in [4.78, 5) is 18.2. The van der Waals surface area contributed by atoms with E-state index < -0.39 is 0 Å². The molecule has 1 N–H and O–H groups in total. The van der Waals surface area contributed by atoms with Crippen molar-refractivity contribution in [2.75, 3.05) is 32.1 Å². The molecule has 2 aromatic rings. The maximum Gasteiger partial charge on any atom is 0.272 e. The zero-order valence-electron chi connectivity index (χ0n) is 14.6. The molecule has 0 bridgehead atoms. The Morgan fingerprint density at radius 3 is 2.38 bits per heavy atom. The number of benzene rings is 1. The van der Waals surface area contributed by atoms with Crippen molar-refractivity contribution in [1.82, 2.24) is 9.88 Å². The summed E-state index contributed by atoms with van der Waals surface area (Å²) >= 11 is 0. The molecule has 0 radical (unpaired) electrons. The molecule has 5 heteroatoms. The van der Waals surface area contributed by atoms with Crippen LogP contribution in [-0.4, -0.2) is 42.5 Å². The Balaban J connectivity index is 1.86. The van der Waals surface area contributed by atoms with Gasteiger partial charge in [0.25, 0.3) is 5.91 Å². The van der Waals surface area contributed by atoms with Crippen molar-refractivity contribution in [3.8, 4) is 5.75 Å². The number of nitrogens with one attached hydrogen (secondary N) is 1. The molecule has 0 aliphatic heterocycles. The van der Waals surface area contributed by atoms with E-state index in [-0.39, 0.29) is 5.91 Å². The van der Waals surface area contributed by atoms with Crippen molar-refractivity contribution in [2.24, 2.45) is 0 Å². The highest BCUT2D eigenvalue weighted by Crippen LogP contribution is 2.12. The van der Waals surface area contributed by atoms with Gasteiger partial charge in [-0.1, -0.05) is 12.1 Å². The smallest absolute Gasteiger partial charge is 0.272 e. The number of ether oxygens (including phenoxy) is 1. The lowest BCUT2D eigenvalue weighted by molar-refractivity contribution is 0.0767. The van der Waals surface area contributed by atoms with Crippen LogP contribution in [0.1, 0.15) is 29.9 Å². The van der Waals surface area contributed by atoms with Crippen LogP contribution in [0.4, 0.5) is 5.69 Å². The van der Waals surface area contributed by atoms with E-state index in [0.717, 1.165) is 24.4 Å². The second-order valence-corrected chi connectivity index (χ2v) is 5.43. The Morgan fingerprint density at radius 1 is 1.12 bits per heavy atom. The highest BCUT2D eigenvalue weighted by atomic mass is 16.5. The molecular weight excluding hydrogens is 302 g/mol. The van der Waals surface area contributed by atoms with Crippen molar-refractivity contribution in [1.29, 1.82) is 0 Å². The van der Waals surface area contributed by atoms with Gasteiger partial charge >= 0.3 is 0 Å². The fourth-order valence-electron chi connectivity index (χ4n) is 2.44. The molecule has 0 aliphatic carbocycles. The number of carbonyl (C=O) groups is 1. The van der Waals surface area contributed by atoms with Crippen LogP contribution in [0.25, 0.3) is 0 Å². The van der Waals surface area contributed by atoms with Crippen molar-refractivity contribution in [3.05, 3.63) is 53.9 Å². The summed E-state index contributed by atoms with van der Waals surface area (Å²) in [6, 6.07) is 11.7. The number of hydrogen-bond acceptors (Lipinski definition) is 4. The first-order valence-corrected chi connectivity index (χ1v) is 8.30. The molecule has 2 rings (SSSR count). The van der Waals surface area contributed by atoms with Crippen LogP contribution in [0.3, 0.4) is 0 Å². The number of amides is 1. The molecule has 1 aromatic heterocycles. The molecule has 0 aliphatic rings. The molecule has 0 saturated heterocycles. The second kappa shape index (κ2) is 8.91. The number of rotatable bonds is 8. The highest BCUT2D eigenvalue weighted by molar-refractivity contribution is 5.92. The van der Waals surface area contributed by atoms with E-state index in [1.165, 1.54) is 5.56 Å². The first-order chi connectivity index (χ1) is 11.7. The van der Waals surface area contributed by atoms with Crippen molar-refractivity contribution in [3.63, 3.8) is 0 Å². The van der Waals surface area contributed by atoms with E-state index in [4.69, 9.17) is 4.74 Å². The van der Waals surface area contributed by atoms with Crippen LogP contribution in [0.2, 0.25) is 0 Å². The van der Waals surface area contributed by atoms with Gasteiger partial charge in [-0.25, -0.2) is 4.98 Å². The van der Waals surface area contributed by atoms with Crippen LogP contribution < -0.4 is 10.1 Å². The van der Waals surface area contributed by atoms with Gasteiger partial charge in [-0.3, -0.25) is 4.79 Å². The Morgan fingerprint density at radius 2 is 1.83 bits per heavy atom. The van der Waals surface area contributed by atoms with E-state index in [0.29, 0.717) is 18.8 Å².